The minimum Gasteiger partial charge on any atom is -0.394 e. The van der Waals surface area contributed by atoms with E-state index in [1.165, 1.54) is 31.3 Å². The molecule has 32 heavy (non-hydrogen) atoms. The Bertz CT molecular complexity index is 799. The zero-order valence-corrected chi connectivity index (χ0v) is 20.3. The van der Waals surface area contributed by atoms with Crippen LogP contribution in [0.4, 0.5) is 0 Å². The molecule has 1 heterocycles. The second-order valence-electron chi connectivity index (χ2n) is 11.4. The molecule has 0 spiro atoms. The van der Waals surface area contributed by atoms with Crippen LogP contribution >= 0.6 is 0 Å². The van der Waals surface area contributed by atoms with E-state index < -0.39 is 0 Å². The number of aliphatic hydroxyl groups excluding tert-OH is 1. The molecular weight excluding hydrogens is 400 g/mol. The molecule has 1 saturated heterocycles. The third-order valence-electron chi connectivity index (χ3n) is 9.85. The predicted octanol–water partition coefficient (Wildman–Crippen LogP) is 4.57. The topological polar surface area (TPSA) is 54.3 Å². The van der Waals surface area contributed by atoms with Gasteiger partial charge in [0.1, 0.15) is 6.61 Å². The van der Waals surface area contributed by atoms with Gasteiger partial charge in [-0.25, -0.2) is 0 Å². The maximum atomic E-state index is 10.2. The third kappa shape index (κ3) is 3.88. The van der Waals surface area contributed by atoms with Crippen molar-refractivity contribution in [2.45, 2.75) is 71.8 Å². The summed E-state index contributed by atoms with van der Waals surface area (Å²) in [4.78, 5) is 8.16. The maximum Gasteiger partial charge on any atom is 0.129 e. The van der Waals surface area contributed by atoms with Gasteiger partial charge in [-0.1, -0.05) is 36.7 Å². The van der Waals surface area contributed by atoms with Crippen LogP contribution in [0.2, 0.25) is 0 Å². The summed E-state index contributed by atoms with van der Waals surface area (Å²) >= 11 is 0. The lowest BCUT2D eigenvalue weighted by molar-refractivity contribution is -0.0280. The van der Waals surface area contributed by atoms with Crippen LogP contribution in [0.1, 0.15) is 65.7 Å². The van der Waals surface area contributed by atoms with Crippen LogP contribution in [-0.4, -0.2) is 61.3 Å². The lowest BCUT2D eigenvalue weighted by atomic mass is 9.47. The Morgan fingerprint density at radius 1 is 1.12 bits per heavy atom. The van der Waals surface area contributed by atoms with Gasteiger partial charge in [-0.15, -0.1) is 0 Å². The van der Waals surface area contributed by atoms with E-state index in [1.807, 2.05) is 0 Å². The monoisotopic (exact) mass is 442 g/mol. The summed E-state index contributed by atoms with van der Waals surface area (Å²) < 4.78 is 5.42. The van der Waals surface area contributed by atoms with Crippen molar-refractivity contribution in [1.29, 1.82) is 0 Å². The molecular formula is C27H42N2O3. The summed E-state index contributed by atoms with van der Waals surface area (Å²) in [5, 5.41) is 14.8. The van der Waals surface area contributed by atoms with Crippen LogP contribution in [0, 0.1) is 28.6 Å². The van der Waals surface area contributed by atoms with Crippen molar-refractivity contribution in [1.82, 2.24) is 4.90 Å². The highest BCUT2D eigenvalue weighted by molar-refractivity contribution is 5.99. The first-order valence-corrected chi connectivity index (χ1v) is 13.0. The zero-order valence-electron chi connectivity index (χ0n) is 20.3. The molecule has 1 N–H and O–H groups in total. The minimum absolute atomic E-state index is 0.124. The lowest BCUT2D eigenvalue weighted by Gasteiger charge is -2.57. The van der Waals surface area contributed by atoms with Crippen LogP contribution in [0.25, 0.3) is 0 Å². The molecule has 0 unspecified atom stereocenters. The second-order valence-corrected chi connectivity index (χ2v) is 11.4. The Balaban J connectivity index is 1.24. The molecule has 1 aliphatic heterocycles. The molecule has 178 valence electrons. The molecule has 0 amide bonds. The van der Waals surface area contributed by atoms with Crippen molar-refractivity contribution >= 4 is 5.71 Å². The first kappa shape index (κ1) is 22.6. The molecule has 2 saturated carbocycles. The summed E-state index contributed by atoms with van der Waals surface area (Å²) in [5.41, 5.74) is 4.59. The number of hydrogen-bond acceptors (Lipinski definition) is 5. The van der Waals surface area contributed by atoms with Crippen LogP contribution in [0.5, 0.6) is 0 Å². The summed E-state index contributed by atoms with van der Waals surface area (Å²) in [6, 6.07) is 0. The summed E-state index contributed by atoms with van der Waals surface area (Å²) in [6.45, 7) is 12.3. The van der Waals surface area contributed by atoms with E-state index in [4.69, 9.17) is 9.57 Å². The van der Waals surface area contributed by atoms with Gasteiger partial charge < -0.3 is 14.7 Å². The fourth-order valence-electron chi connectivity index (χ4n) is 7.96. The number of hydrogen-bond donors (Lipinski definition) is 1. The maximum absolute atomic E-state index is 10.2. The molecule has 5 heteroatoms. The SMILES string of the molecule is CC(=NOCCN1CCOCC1)C1=CC[C@H]2[C@@H]3CC=C4C[C@@H](O)CC[C@]4(C)[C@H]3CC[C@]12C. The number of oxime groups is 1. The van der Waals surface area contributed by atoms with Gasteiger partial charge in [0.05, 0.1) is 25.0 Å². The molecule has 0 aromatic rings. The minimum atomic E-state index is -0.124. The summed E-state index contributed by atoms with van der Waals surface area (Å²) in [7, 11) is 0. The third-order valence-corrected chi connectivity index (χ3v) is 9.85. The van der Waals surface area contributed by atoms with Crippen LogP contribution in [0.15, 0.2) is 28.5 Å². The van der Waals surface area contributed by atoms with Gasteiger partial charge in [0.2, 0.25) is 0 Å². The standard InChI is InChI=1S/C27H42N2O3/c1-19(28-32-17-14-29-12-15-31-16-13-29)23-6-7-24-22-5-4-20-18-21(30)8-10-26(20,2)25(22)9-11-27(23,24)3/h4,6,21-22,24-25,30H,5,7-18H2,1-3H3/t21-,22-,24-,25-,26-,27+/m0/s1. The fourth-order valence-corrected chi connectivity index (χ4v) is 7.96. The van der Waals surface area contributed by atoms with Crippen molar-refractivity contribution < 1.29 is 14.7 Å². The quantitative estimate of drug-likeness (QED) is 0.293. The average Bonchev–Trinajstić information content (AvgIpc) is 3.15. The first-order chi connectivity index (χ1) is 15.4. The van der Waals surface area contributed by atoms with E-state index in [1.54, 1.807) is 5.57 Å². The van der Waals surface area contributed by atoms with Crippen molar-refractivity contribution in [2.24, 2.45) is 33.7 Å². The number of morpholine rings is 1. The van der Waals surface area contributed by atoms with Crippen molar-refractivity contribution in [2.75, 3.05) is 39.5 Å². The number of ether oxygens (including phenoxy) is 1. The van der Waals surface area contributed by atoms with Crippen LogP contribution in [0.3, 0.4) is 0 Å². The number of nitrogens with zero attached hydrogens (tertiary/aromatic N) is 2. The van der Waals surface area contributed by atoms with Crippen molar-refractivity contribution in [3.05, 3.63) is 23.3 Å². The van der Waals surface area contributed by atoms with Crippen molar-refractivity contribution in [3.8, 4) is 0 Å². The summed E-state index contributed by atoms with van der Waals surface area (Å²) in [5.74, 6) is 2.22. The van der Waals surface area contributed by atoms with Gasteiger partial charge >= 0.3 is 0 Å². The van der Waals surface area contributed by atoms with E-state index >= 15 is 0 Å². The van der Waals surface area contributed by atoms with E-state index in [9.17, 15) is 5.11 Å². The van der Waals surface area contributed by atoms with Gasteiger partial charge in [0.15, 0.2) is 0 Å². The Morgan fingerprint density at radius 3 is 2.72 bits per heavy atom. The molecule has 3 fully saturated rings. The molecule has 5 rings (SSSR count). The highest BCUT2D eigenvalue weighted by Gasteiger charge is 2.56. The van der Waals surface area contributed by atoms with E-state index in [0.717, 1.165) is 69.7 Å². The normalized spacial score (nSPS) is 42.4. The molecule has 4 aliphatic carbocycles. The van der Waals surface area contributed by atoms with Crippen molar-refractivity contribution in [3.63, 3.8) is 0 Å². The van der Waals surface area contributed by atoms with Crippen LogP contribution in [-0.2, 0) is 9.57 Å². The number of fused-ring (bicyclic) bond motifs is 5. The second kappa shape index (κ2) is 8.88. The van der Waals surface area contributed by atoms with E-state index in [0.29, 0.717) is 17.9 Å². The molecule has 0 aromatic carbocycles. The largest absolute Gasteiger partial charge is 0.394 e. The zero-order chi connectivity index (χ0) is 22.3. The summed E-state index contributed by atoms with van der Waals surface area (Å²) in [6.07, 6.45) is 12.8. The van der Waals surface area contributed by atoms with Gasteiger partial charge in [0.25, 0.3) is 0 Å². The number of allylic oxidation sites excluding steroid dienone is 3. The van der Waals surface area contributed by atoms with E-state index in [2.05, 4.69) is 43.0 Å². The predicted molar refractivity (Wildman–Crippen MR) is 127 cm³/mol. The first-order valence-electron chi connectivity index (χ1n) is 13.0. The lowest BCUT2D eigenvalue weighted by Crippen LogP contribution is -2.50. The Hall–Kier alpha value is -1.17. The molecule has 5 aliphatic rings. The average molecular weight is 443 g/mol. The Morgan fingerprint density at radius 2 is 1.91 bits per heavy atom. The van der Waals surface area contributed by atoms with Gasteiger partial charge in [-0.2, -0.15) is 0 Å². The van der Waals surface area contributed by atoms with Crippen LogP contribution < -0.4 is 0 Å². The highest BCUT2D eigenvalue weighted by Crippen LogP contribution is 2.65. The number of aliphatic hydroxyl groups is 1. The fraction of sp³-hybridized carbons (Fsp3) is 0.815. The van der Waals surface area contributed by atoms with Gasteiger partial charge in [-0.05, 0) is 86.0 Å². The Labute approximate surface area is 193 Å². The number of rotatable bonds is 5. The molecule has 0 bridgehead atoms. The van der Waals surface area contributed by atoms with Gasteiger partial charge in [-0.3, -0.25) is 4.90 Å². The molecule has 5 nitrogen and oxygen atoms in total. The van der Waals surface area contributed by atoms with E-state index in [-0.39, 0.29) is 11.5 Å². The molecule has 6 atom stereocenters. The smallest absolute Gasteiger partial charge is 0.129 e. The molecule has 0 aromatic heterocycles. The molecule has 0 radical (unpaired) electrons. The Kier molecular flexibility index (Phi) is 6.28. The van der Waals surface area contributed by atoms with Gasteiger partial charge in [0, 0.05) is 19.6 Å². The highest BCUT2D eigenvalue weighted by atomic mass is 16.6.